The van der Waals surface area contributed by atoms with Crippen molar-refractivity contribution in [2.24, 2.45) is 5.10 Å². The summed E-state index contributed by atoms with van der Waals surface area (Å²) in [6, 6.07) is 14.5. The molecular formula is C22H20N4O6S. The second-order valence-electron chi connectivity index (χ2n) is 7.12. The number of nitro groups is 1. The Morgan fingerprint density at radius 2 is 1.76 bits per heavy atom. The van der Waals surface area contributed by atoms with Crippen molar-refractivity contribution in [2.75, 3.05) is 14.2 Å². The van der Waals surface area contributed by atoms with Gasteiger partial charge in [0.2, 0.25) is 0 Å². The van der Waals surface area contributed by atoms with E-state index in [0.717, 1.165) is 16.5 Å². The van der Waals surface area contributed by atoms with Crippen molar-refractivity contribution in [1.29, 1.82) is 0 Å². The molecule has 0 fully saturated rings. The predicted octanol–water partition coefficient (Wildman–Crippen LogP) is 3.55. The fourth-order valence-electron chi connectivity index (χ4n) is 3.55. The molecule has 10 nitrogen and oxygen atoms in total. The molecule has 3 aromatic rings. The van der Waals surface area contributed by atoms with Gasteiger partial charge in [-0.05, 0) is 42.0 Å². The van der Waals surface area contributed by atoms with Crippen LogP contribution in [0.2, 0.25) is 0 Å². The maximum Gasteiger partial charge on any atom is 0.279 e. The Labute approximate surface area is 190 Å². The Morgan fingerprint density at radius 3 is 2.36 bits per heavy atom. The summed E-state index contributed by atoms with van der Waals surface area (Å²) in [5.74, 6) is 0.962. The summed E-state index contributed by atoms with van der Waals surface area (Å²) in [6.07, 6.45) is 1.88. The highest BCUT2D eigenvalue weighted by Gasteiger charge is 2.38. The molecule has 0 bridgehead atoms. The van der Waals surface area contributed by atoms with Crippen molar-refractivity contribution in [2.45, 2.75) is 17.4 Å². The van der Waals surface area contributed by atoms with Crippen LogP contribution < -0.4 is 9.47 Å². The van der Waals surface area contributed by atoms with Gasteiger partial charge in [-0.25, -0.2) is 0 Å². The van der Waals surface area contributed by atoms with Gasteiger partial charge < -0.3 is 9.47 Å². The van der Waals surface area contributed by atoms with Gasteiger partial charge in [0.05, 0.1) is 41.5 Å². The Hall–Kier alpha value is -3.99. The van der Waals surface area contributed by atoms with E-state index in [9.17, 15) is 18.5 Å². The van der Waals surface area contributed by atoms with Gasteiger partial charge >= 0.3 is 0 Å². The van der Waals surface area contributed by atoms with Gasteiger partial charge in [-0.2, -0.15) is 17.9 Å². The first-order chi connectivity index (χ1) is 15.8. The van der Waals surface area contributed by atoms with Gasteiger partial charge in [0.15, 0.2) is 11.5 Å². The summed E-state index contributed by atoms with van der Waals surface area (Å²) < 4.78 is 38.8. The lowest BCUT2D eigenvalue weighted by Crippen LogP contribution is -2.27. The third-order valence-corrected chi connectivity index (χ3v) is 6.91. The van der Waals surface area contributed by atoms with Crippen LogP contribution in [0.25, 0.3) is 0 Å². The predicted molar refractivity (Wildman–Crippen MR) is 120 cm³/mol. The molecule has 0 amide bonds. The zero-order valence-corrected chi connectivity index (χ0v) is 18.6. The van der Waals surface area contributed by atoms with Crippen LogP contribution in [0, 0.1) is 10.1 Å². The molecule has 1 aromatic heterocycles. The van der Waals surface area contributed by atoms with Crippen LogP contribution in [-0.2, 0) is 10.0 Å². The smallest absolute Gasteiger partial charge is 0.279 e. The van der Waals surface area contributed by atoms with Gasteiger partial charge in [0, 0.05) is 24.8 Å². The molecule has 1 unspecified atom stereocenters. The first kappa shape index (κ1) is 22.2. The van der Waals surface area contributed by atoms with Crippen molar-refractivity contribution < 1.29 is 22.8 Å². The Kier molecular flexibility index (Phi) is 5.97. The van der Waals surface area contributed by atoms with Crippen LogP contribution >= 0.6 is 0 Å². The number of hydrogen-bond donors (Lipinski definition) is 0. The van der Waals surface area contributed by atoms with Crippen molar-refractivity contribution in [3.05, 3.63) is 88.2 Å². The lowest BCUT2D eigenvalue weighted by Gasteiger charge is -2.24. The van der Waals surface area contributed by atoms with E-state index < -0.39 is 21.0 Å². The van der Waals surface area contributed by atoms with E-state index in [4.69, 9.17) is 9.47 Å². The summed E-state index contributed by atoms with van der Waals surface area (Å²) in [7, 11) is -1.12. The number of methoxy groups -OCH3 is 2. The van der Waals surface area contributed by atoms with Gasteiger partial charge in [0.1, 0.15) is 0 Å². The van der Waals surface area contributed by atoms with Gasteiger partial charge in [-0.15, -0.1) is 0 Å². The summed E-state index contributed by atoms with van der Waals surface area (Å²) >= 11 is 0. The molecule has 33 heavy (non-hydrogen) atoms. The van der Waals surface area contributed by atoms with Crippen LogP contribution in [0.5, 0.6) is 11.5 Å². The summed E-state index contributed by atoms with van der Waals surface area (Å²) in [5.41, 5.74) is 1.50. The molecule has 1 aliphatic heterocycles. The quantitative estimate of drug-likeness (QED) is 0.384. The molecule has 0 N–H and O–H groups in total. The summed E-state index contributed by atoms with van der Waals surface area (Å²) in [4.78, 5) is 14.6. The van der Waals surface area contributed by atoms with E-state index in [2.05, 4.69) is 10.1 Å². The number of non-ortho nitro benzene ring substituents is 1. The topological polar surface area (TPSA) is 124 Å². The SMILES string of the molecule is COc1ccc(C2CC(c3ccccn3)=NN2S(=O)(=O)c2ccc([N+](=O)[O-])cc2)cc1OC. The standard InChI is InChI=1S/C22H20N4O6S/c1-31-21-11-6-15(13-22(21)32-2)20-14-19(18-5-3-4-12-23-18)24-25(20)33(29,30)17-9-7-16(8-10-17)26(27)28/h3-13,20H,14H2,1-2H3. The number of aromatic nitrogens is 1. The van der Waals surface area contributed by atoms with E-state index >= 15 is 0 Å². The fraction of sp³-hybridized carbons (Fsp3) is 0.182. The molecule has 1 aliphatic rings. The number of rotatable bonds is 7. The van der Waals surface area contributed by atoms with Gasteiger partial charge in [-0.1, -0.05) is 12.1 Å². The second-order valence-corrected chi connectivity index (χ2v) is 8.92. The molecule has 0 spiro atoms. The first-order valence-electron chi connectivity index (χ1n) is 9.85. The van der Waals surface area contributed by atoms with Crippen molar-refractivity contribution >= 4 is 21.4 Å². The van der Waals surface area contributed by atoms with Crippen LogP contribution in [0.1, 0.15) is 23.7 Å². The minimum absolute atomic E-state index is 0.107. The fourth-order valence-corrected chi connectivity index (χ4v) is 4.99. The molecule has 1 atom stereocenters. The Morgan fingerprint density at radius 1 is 1.03 bits per heavy atom. The minimum Gasteiger partial charge on any atom is -0.493 e. The third-order valence-electron chi connectivity index (χ3n) is 5.22. The Bertz CT molecular complexity index is 1310. The van der Waals surface area contributed by atoms with Gasteiger partial charge in [0.25, 0.3) is 15.7 Å². The number of nitrogens with zero attached hydrogens (tertiary/aromatic N) is 4. The second kappa shape index (κ2) is 8.87. The van der Waals surface area contributed by atoms with Crippen LogP contribution in [0.4, 0.5) is 5.69 Å². The highest BCUT2D eigenvalue weighted by molar-refractivity contribution is 7.89. The Balaban J connectivity index is 1.80. The molecule has 0 saturated heterocycles. The van der Waals surface area contributed by atoms with Crippen molar-refractivity contribution in [3.63, 3.8) is 0 Å². The highest BCUT2D eigenvalue weighted by Crippen LogP contribution is 2.40. The summed E-state index contributed by atoms with van der Waals surface area (Å²) in [5, 5.41) is 15.4. The average Bonchev–Trinajstić information content (AvgIpc) is 3.30. The lowest BCUT2D eigenvalue weighted by atomic mass is 10.0. The number of nitro benzene ring substituents is 1. The molecule has 170 valence electrons. The minimum atomic E-state index is -4.13. The zero-order chi connectivity index (χ0) is 23.6. The number of benzene rings is 2. The molecule has 0 aliphatic carbocycles. The molecule has 2 aromatic carbocycles. The van der Waals surface area contributed by atoms with Crippen molar-refractivity contribution in [3.8, 4) is 11.5 Å². The molecule has 11 heteroatoms. The summed E-state index contributed by atoms with van der Waals surface area (Å²) in [6.45, 7) is 0. The molecule has 2 heterocycles. The molecule has 0 radical (unpaired) electrons. The largest absolute Gasteiger partial charge is 0.493 e. The molecular weight excluding hydrogens is 448 g/mol. The van der Waals surface area contributed by atoms with E-state index in [1.165, 1.54) is 26.4 Å². The number of sulfonamides is 1. The maximum absolute atomic E-state index is 13.5. The van der Waals surface area contributed by atoms with Crippen LogP contribution in [0.3, 0.4) is 0 Å². The first-order valence-corrected chi connectivity index (χ1v) is 11.3. The number of pyridine rings is 1. The van der Waals surface area contributed by atoms with Crippen LogP contribution in [-0.4, -0.2) is 42.7 Å². The van der Waals surface area contributed by atoms with Crippen LogP contribution in [0.15, 0.2) is 76.9 Å². The van der Waals surface area contributed by atoms with E-state index in [-0.39, 0.29) is 17.0 Å². The van der Waals surface area contributed by atoms with E-state index in [0.29, 0.717) is 28.5 Å². The zero-order valence-electron chi connectivity index (χ0n) is 17.8. The van der Waals surface area contributed by atoms with E-state index in [1.54, 1.807) is 42.6 Å². The number of hydrogen-bond acceptors (Lipinski definition) is 8. The molecule has 0 saturated carbocycles. The monoisotopic (exact) mass is 468 g/mol. The number of hydrazone groups is 1. The van der Waals surface area contributed by atoms with E-state index in [1.807, 2.05) is 0 Å². The molecule has 4 rings (SSSR count). The highest BCUT2D eigenvalue weighted by atomic mass is 32.2. The third kappa shape index (κ3) is 4.22. The van der Waals surface area contributed by atoms with Gasteiger partial charge in [-0.3, -0.25) is 15.1 Å². The lowest BCUT2D eigenvalue weighted by molar-refractivity contribution is -0.384. The maximum atomic E-state index is 13.5. The van der Waals surface area contributed by atoms with Crippen molar-refractivity contribution in [1.82, 2.24) is 9.40 Å². The average molecular weight is 468 g/mol. The normalized spacial score (nSPS) is 15.8. The number of ether oxygens (including phenoxy) is 2.